The number of hydrogen-bond donors (Lipinski definition) is 3. The zero-order valence-corrected chi connectivity index (χ0v) is 17.1. The van der Waals surface area contributed by atoms with Crippen LogP contribution >= 0.6 is 22.9 Å². The van der Waals surface area contributed by atoms with Crippen LogP contribution in [0.3, 0.4) is 0 Å². The summed E-state index contributed by atoms with van der Waals surface area (Å²) in [7, 11) is -2.65. The molecule has 2 aromatic rings. The van der Waals surface area contributed by atoms with Crippen molar-refractivity contribution in [3.8, 4) is 0 Å². The number of rotatable bonds is 6. The fourth-order valence-electron chi connectivity index (χ4n) is 1.94. The molecular weight excluding hydrogens is 430 g/mol. The SMILES string of the molecule is CNC(=O)NC(=O)C(C)OC(=O)c1ccccc1NS(=O)(=O)c1ccc(Cl)s1. The zero-order valence-electron chi connectivity index (χ0n) is 14.7. The number of anilines is 1. The average molecular weight is 446 g/mol. The zero-order chi connectivity index (χ0) is 20.9. The predicted octanol–water partition coefficient (Wildman–Crippen LogP) is 2.20. The summed E-state index contributed by atoms with van der Waals surface area (Å²) in [5.41, 5.74) is -0.135. The van der Waals surface area contributed by atoms with Gasteiger partial charge in [-0.25, -0.2) is 18.0 Å². The molecule has 0 aliphatic heterocycles. The van der Waals surface area contributed by atoms with Crippen molar-refractivity contribution in [2.24, 2.45) is 0 Å². The number of sulfonamides is 1. The number of urea groups is 1. The highest BCUT2D eigenvalue weighted by molar-refractivity contribution is 7.94. The van der Waals surface area contributed by atoms with E-state index in [1.165, 1.54) is 50.4 Å². The lowest BCUT2D eigenvalue weighted by Crippen LogP contribution is -2.43. The lowest BCUT2D eigenvalue weighted by atomic mass is 10.2. The second-order valence-electron chi connectivity index (χ2n) is 5.33. The fraction of sp³-hybridized carbons (Fsp3) is 0.188. The largest absolute Gasteiger partial charge is 0.449 e. The maximum atomic E-state index is 12.5. The number of halogens is 1. The summed E-state index contributed by atoms with van der Waals surface area (Å²) in [5, 5.41) is 4.17. The number of benzene rings is 1. The quantitative estimate of drug-likeness (QED) is 0.584. The van der Waals surface area contributed by atoms with E-state index in [0.29, 0.717) is 4.34 Å². The van der Waals surface area contributed by atoms with Crippen molar-refractivity contribution < 1.29 is 27.5 Å². The molecule has 1 aromatic carbocycles. The number of nitrogens with one attached hydrogen (secondary N) is 3. The van der Waals surface area contributed by atoms with Gasteiger partial charge in [-0.1, -0.05) is 23.7 Å². The Morgan fingerprint density at radius 3 is 2.43 bits per heavy atom. The molecule has 3 N–H and O–H groups in total. The Labute approximate surface area is 170 Å². The van der Waals surface area contributed by atoms with E-state index in [0.717, 1.165) is 11.3 Å². The summed E-state index contributed by atoms with van der Waals surface area (Å²) in [5.74, 6) is -1.78. The third-order valence-electron chi connectivity index (χ3n) is 3.32. The third kappa shape index (κ3) is 5.44. The highest BCUT2D eigenvalue weighted by atomic mass is 35.5. The third-order valence-corrected chi connectivity index (χ3v) is 6.41. The van der Waals surface area contributed by atoms with Gasteiger partial charge >= 0.3 is 12.0 Å². The molecule has 1 aromatic heterocycles. The van der Waals surface area contributed by atoms with E-state index in [2.05, 4.69) is 10.0 Å². The van der Waals surface area contributed by atoms with Gasteiger partial charge in [-0.15, -0.1) is 11.3 Å². The van der Waals surface area contributed by atoms with Crippen LogP contribution in [0.1, 0.15) is 17.3 Å². The van der Waals surface area contributed by atoms with E-state index in [-0.39, 0.29) is 15.5 Å². The summed E-state index contributed by atoms with van der Waals surface area (Å²) >= 11 is 6.63. The molecule has 0 radical (unpaired) electrons. The molecule has 2 rings (SSSR count). The first-order valence-corrected chi connectivity index (χ1v) is 10.4. The van der Waals surface area contributed by atoms with Crippen LogP contribution in [0.15, 0.2) is 40.6 Å². The standard InChI is InChI=1S/C16H16ClN3O6S2/c1-9(14(21)19-16(23)18-2)26-15(22)10-5-3-4-6-11(10)20-28(24,25)13-8-7-12(17)27-13/h3-9,20H,1-2H3,(H2,18,19,21,23). The van der Waals surface area contributed by atoms with Gasteiger partial charge in [-0.05, 0) is 31.2 Å². The van der Waals surface area contributed by atoms with Crippen LogP contribution in [-0.2, 0) is 19.6 Å². The van der Waals surface area contributed by atoms with Crippen LogP contribution in [0.2, 0.25) is 4.34 Å². The van der Waals surface area contributed by atoms with E-state index < -0.39 is 34.0 Å². The number of hydrogen-bond acceptors (Lipinski definition) is 7. The molecule has 1 atom stereocenters. The van der Waals surface area contributed by atoms with E-state index in [9.17, 15) is 22.8 Å². The number of imide groups is 1. The molecule has 1 unspecified atom stereocenters. The van der Waals surface area contributed by atoms with Crippen LogP contribution in [-0.4, -0.2) is 39.5 Å². The summed E-state index contributed by atoms with van der Waals surface area (Å²) in [6.07, 6.45) is -1.29. The maximum absolute atomic E-state index is 12.5. The minimum Gasteiger partial charge on any atom is -0.449 e. The number of amides is 3. The first kappa shape index (κ1) is 21.7. The Balaban J connectivity index is 2.18. The summed E-state index contributed by atoms with van der Waals surface area (Å²) in [6.45, 7) is 1.27. The lowest BCUT2D eigenvalue weighted by molar-refractivity contribution is -0.127. The molecule has 0 saturated heterocycles. The van der Waals surface area contributed by atoms with Gasteiger partial charge in [-0.2, -0.15) is 0 Å². The minimum atomic E-state index is -3.97. The second-order valence-corrected chi connectivity index (χ2v) is 8.95. The van der Waals surface area contributed by atoms with E-state index in [4.69, 9.17) is 16.3 Å². The minimum absolute atomic E-state index is 0.0287. The molecule has 9 nitrogen and oxygen atoms in total. The molecule has 0 spiro atoms. The molecule has 0 aliphatic carbocycles. The van der Waals surface area contributed by atoms with Crippen molar-refractivity contribution >= 4 is 56.6 Å². The topological polar surface area (TPSA) is 131 Å². The molecule has 150 valence electrons. The van der Waals surface area contributed by atoms with E-state index >= 15 is 0 Å². The highest BCUT2D eigenvalue weighted by Crippen LogP contribution is 2.28. The van der Waals surface area contributed by atoms with Crippen molar-refractivity contribution in [3.05, 3.63) is 46.3 Å². The molecular formula is C16H16ClN3O6S2. The van der Waals surface area contributed by atoms with Gasteiger partial charge in [0.25, 0.3) is 15.9 Å². The Bertz CT molecular complexity index is 1010. The first-order chi connectivity index (χ1) is 13.1. The van der Waals surface area contributed by atoms with Gasteiger partial charge in [0.1, 0.15) is 4.21 Å². The highest BCUT2D eigenvalue weighted by Gasteiger charge is 2.24. The normalized spacial score (nSPS) is 12.0. The molecule has 1 heterocycles. The molecule has 0 bridgehead atoms. The molecule has 3 amide bonds. The number of ether oxygens (including phenoxy) is 1. The van der Waals surface area contributed by atoms with E-state index in [1.54, 1.807) is 0 Å². The second kappa shape index (κ2) is 9.04. The van der Waals surface area contributed by atoms with Crippen LogP contribution in [0.25, 0.3) is 0 Å². The van der Waals surface area contributed by atoms with Crippen molar-refractivity contribution in [1.29, 1.82) is 0 Å². The van der Waals surface area contributed by atoms with Crippen LogP contribution in [0.4, 0.5) is 10.5 Å². The van der Waals surface area contributed by atoms with Gasteiger partial charge in [0.15, 0.2) is 6.10 Å². The Morgan fingerprint density at radius 1 is 1.14 bits per heavy atom. The van der Waals surface area contributed by atoms with Crippen molar-refractivity contribution in [3.63, 3.8) is 0 Å². The van der Waals surface area contributed by atoms with Crippen LogP contribution < -0.4 is 15.4 Å². The lowest BCUT2D eigenvalue weighted by Gasteiger charge is -2.15. The number of para-hydroxylation sites is 1. The summed E-state index contributed by atoms with van der Waals surface area (Å²) in [6, 6.07) is 7.76. The van der Waals surface area contributed by atoms with Gasteiger partial charge in [0, 0.05) is 7.05 Å². The number of carbonyl (C=O) groups is 3. The summed E-state index contributed by atoms with van der Waals surface area (Å²) < 4.78 is 32.5. The first-order valence-electron chi connectivity index (χ1n) is 7.75. The smallest absolute Gasteiger partial charge is 0.341 e. The molecule has 28 heavy (non-hydrogen) atoms. The summed E-state index contributed by atoms with van der Waals surface area (Å²) in [4.78, 5) is 35.4. The average Bonchev–Trinajstić information content (AvgIpc) is 3.09. The number of esters is 1. The van der Waals surface area contributed by atoms with Gasteiger partial charge in [0.05, 0.1) is 15.6 Å². The Morgan fingerprint density at radius 2 is 1.82 bits per heavy atom. The van der Waals surface area contributed by atoms with Gasteiger partial charge < -0.3 is 10.1 Å². The van der Waals surface area contributed by atoms with Gasteiger partial charge in [0.2, 0.25) is 0 Å². The molecule has 0 fully saturated rings. The fourth-order valence-corrected chi connectivity index (χ4v) is 4.50. The van der Waals surface area contributed by atoms with Crippen molar-refractivity contribution in [2.75, 3.05) is 11.8 Å². The number of thiophene rings is 1. The maximum Gasteiger partial charge on any atom is 0.341 e. The van der Waals surface area contributed by atoms with Gasteiger partial charge in [-0.3, -0.25) is 14.8 Å². The molecule has 0 saturated carbocycles. The van der Waals surface area contributed by atoms with Crippen molar-refractivity contribution in [2.45, 2.75) is 17.2 Å². The molecule has 0 aliphatic rings. The Hall–Kier alpha value is -2.63. The predicted molar refractivity (Wildman–Crippen MR) is 104 cm³/mol. The van der Waals surface area contributed by atoms with E-state index in [1.807, 2.05) is 5.32 Å². The Kier molecular flexibility index (Phi) is 7.00. The van der Waals surface area contributed by atoms with Crippen LogP contribution in [0, 0.1) is 0 Å². The monoisotopic (exact) mass is 445 g/mol. The van der Waals surface area contributed by atoms with Crippen molar-refractivity contribution in [1.82, 2.24) is 10.6 Å². The number of carbonyl (C=O) groups excluding carboxylic acids is 3. The van der Waals surface area contributed by atoms with Crippen LogP contribution in [0.5, 0.6) is 0 Å². The molecule has 12 heteroatoms.